The second kappa shape index (κ2) is 10.7. The minimum absolute atomic E-state index is 0.289. The molecule has 0 spiro atoms. The summed E-state index contributed by atoms with van der Waals surface area (Å²) in [5.74, 6) is -1.74. The van der Waals surface area contributed by atoms with E-state index in [4.69, 9.17) is 0 Å². The molecule has 2 atom stereocenters. The molecule has 158 valence electrons. The van der Waals surface area contributed by atoms with Gasteiger partial charge in [0.25, 0.3) is 5.91 Å². The predicted molar refractivity (Wildman–Crippen MR) is 109 cm³/mol. The van der Waals surface area contributed by atoms with Crippen LogP contribution in [0.25, 0.3) is 0 Å². The highest BCUT2D eigenvalue weighted by molar-refractivity contribution is 6.38. The third-order valence-electron chi connectivity index (χ3n) is 5.22. The molecule has 1 aliphatic carbocycles. The largest absolute Gasteiger partial charge is 0.347 e. The molecular weight excluding hydrogens is 372 g/mol. The highest BCUT2D eigenvalue weighted by atomic mass is 16.2. The Hall–Kier alpha value is -2.74. The zero-order valence-electron chi connectivity index (χ0n) is 17.2. The van der Waals surface area contributed by atoms with Crippen molar-refractivity contribution >= 4 is 23.5 Å². The van der Waals surface area contributed by atoms with Gasteiger partial charge in [0.1, 0.15) is 6.04 Å². The molecule has 2 unspecified atom stereocenters. The zero-order valence-corrected chi connectivity index (χ0v) is 17.2. The first-order valence-electron chi connectivity index (χ1n) is 9.88. The van der Waals surface area contributed by atoms with Crippen LogP contribution in [0.3, 0.4) is 0 Å². The molecule has 1 fully saturated rings. The van der Waals surface area contributed by atoms with Gasteiger partial charge in [-0.2, -0.15) is 0 Å². The molecule has 1 aliphatic rings. The molecule has 0 heterocycles. The van der Waals surface area contributed by atoms with Gasteiger partial charge in [0.05, 0.1) is 12.6 Å². The van der Waals surface area contributed by atoms with Gasteiger partial charge < -0.3 is 20.9 Å². The minimum atomic E-state index is -0.866. The van der Waals surface area contributed by atoms with Crippen LogP contribution in [-0.2, 0) is 19.2 Å². The molecule has 0 aromatic heterocycles. The molecule has 1 saturated carbocycles. The van der Waals surface area contributed by atoms with Crippen molar-refractivity contribution in [3.8, 4) is 0 Å². The highest BCUT2D eigenvalue weighted by Crippen LogP contribution is 2.30. The maximum absolute atomic E-state index is 12.5. The van der Waals surface area contributed by atoms with E-state index in [1.54, 1.807) is 45.4 Å². The van der Waals surface area contributed by atoms with Crippen LogP contribution in [0.4, 0.5) is 0 Å². The molecule has 2 rings (SSSR count). The van der Waals surface area contributed by atoms with Crippen molar-refractivity contribution in [1.29, 1.82) is 0 Å². The fourth-order valence-electron chi connectivity index (χ4n) is 3.23. The Balaban J connectivity index is 1.91. The summed E-state index contributed by atoms with van der Waals surface area (Å²) in [4.78, 5) is 50.7. The van der Waals surface area contributed by atoms with E-state index in [1.807, 2.05) is 6.07 Å². The number of hydrogen-bond donors (Lipinski definition) is 3. The number of benzene rings is 1. The maximum Gasteiger partial charge on any atom is 0.289 e. The van der Waals surface area contributed by atoms with E-state index in [-0.39, 0.29) is 12.5 Å². The third kappa shape index (κ3) is 6.39. The number of rotatable bonds is 10. The van der Waals surface area contributed by atoms with Crippen LogP contribution >= 0.6 is 0 Å². The number of amides is 3. The maximum atomic E-state index is 12.5. The highest BCUT2D eigenvalue weighted by Gasteiger charge is 2.30. The molecule has 8 nitrogen and oxygen atoms in total. The lowest BCUT2D eigenvalue weighted by atomic mass is 9.80. The van der Waals surface area contributed by atoms with Gasteiger partial charge in [0, 0.05) is 14.1 Å². The van der Waals surface area contributed by atoms with Crippen molar-refractivity contribution in [2.45, 2.75) is 37.8 Å². The van der Waals surface area contributed by atoms with Crippen LogP contribution in [0.1, 0.15) is 37.3 Å². The first kappa shape index (κ1) is 22.5. The van der Waals surface area contributed by atoms with Crippen molar-refractivity contribution in [3.63, 3.8) is 0 Å². The molecule has 3 N–H and O–H groups in total. The van der Waals surface area contributed by atoms with Crippen LogP contribution in [0.2, 0.25) is 0 Å². The predicted octanol–water partition coefficient (Wildman–Crippen LogP) is 0.396. The SMILES string of the molecule is CNC(CC1CCC1)C(=O)C(=O)NCC(=O)NC(C(=O)N(C)C)c1ccccc1. The third-order valence-corrected chi connectivity index (χ3v) is 5.22. The van der Waals surface area contributed by atoms with Crippen LogP contribution < -0.4 is 16.0 Å². The molecule has 1 aromatic carbocycles. The Labute approximate surface area is 171 Å². The number of Topliss-reactive ketones (excluding diaryl/α,β-unsaturated/α-hetero) is 1. The van der Waals surface area contributed by atoms with E-state index in [1.165, 1.54) is 4.90 Å². The summed E-state index contributed by atoms with van der Waals surface area (Å²) in [7, 11) is 4.86. The standard InChI is InChI=1S/C21H30N4O4/c1-22-16(12-14-8-7-9-14)19(27)20(28)23-13-17(26)24-18(21(29)25(2)3)15-10-5-4-6-11-15/h4-6,10-11,14,16,18,22H,7-9,12-13H2,1-3H3,(H,23,28)(H,24,26). The molecule has 0 radical (unpaired) electrons. The number of ketones is 1. The smallest absolute Gasteiger partial charge is 0.289 e. The first-order chi connectivity index (χ1) is 13.8. The average Bonchev–Trinajstić information content (AvgIpc) is 2.69. The Kier molecular flexibility index (Phi) is 8.33. The Morgan fingerprint density at radius 3 is 2.28 bits per heavy atom. The van der Waals surface area contributed by atoms with Crippen molar-refractivity contribution in [2.75, 3.05) is 27.7 Å². The van der Waals surface area contributed by atoms with E-state index in [0.29, 0.717) is 17.9 Å². The van der Waals surface area contributed by atoms with Gasteiger partial charge in [-0.15, -0.1) is 0 Å². The fraction of sp³-hybridized carbons (Fsp3) is 0.524. The van der Waals surface area contributed by atoms with E-state index in [0.717, 1.165) is 19.3 Å². The number of hydrogen-bond acceptors (Lipinski definition) is 5. The molecule has 1 aromatic rings. The van der Waals surface area contributed by atoms with Gasteiger partial charge in [-0.3, -0.25) is 19.2 Å². The molecule has 3 amide bonds. The van der Waals surface area contributed by atoms with E-state index in [2.05, 4.69) is 16.0 Å². The number of nitrogens with zero attached hydrogens (tertiary/aromatic N) is 1. The molecule has 29 heavy (non-hydrogen) atoms. The minimum Gasteiger partial charge on any atom is -0.347 e. The summed E-state index contributed by atoms with van der Waals surface area (Å²) >= 11 is 0. The fourth-order valence-corrected chi connectivity index (χ4v) is 3.23. The lowest BCUT2D eigenvalue weighted by molar-refractivity contribution is -0.140. The molecule has 8 heteroatoms. The zero-order chi connectivity index (χ0) is 21.4. The quantitative estimate of drug-likeness (QED) is 0.491. The van der Waals surface area contributed by atoms with Crippen LogP contribution in [0.5, 0.6) is 0 Å². The Morgan fingerprint density at radius 1 is 1.10 bits per heavy atom. The second-order valence-electron chi connectivity index (χ2n) is 7.56. The van der Waals surface area contributed by atoms with Gasteiger partial charge in [-0.25, -0.2) is 0 Å². The van der Waals surface area contributed by atoms with Crippen LogP contribution in [-0.4, -0.2) is 62.1 Å². The van der Waals surface area contributed by atoms with Crippen molar-refractivity contribution in [1.82, 2.24) is 20.9 Å². The molecular formula is C21H30N4O4. The number of carbonyl (C=O) groups excluding carboxylic acids is 4. The normalized spacial score (nSPS) is 15.6. The van der Waals surface area contributed by atoms with Gasteiger partial charge in [0.2, 0.25) is 17.6 Å². The summed E-state index contributed by atoms with van der Waals surface area (Å²) < 4.78 is 0. The van der Waals surface area contributed by atoms with E-state index < -0.39 is 29.7 Å². The monoisotopic (exact) mass is 402 g/mol. The molecule has 0 saturated heterocycles. The summed E-state index contributed by atoms with van der Waals surface area (Å²) in [6, 6.07) is 7.44. The number of nitrogens with one attached hydrogen (secondary N) is 3. The Morgan fingerprint density at radius 2 is 1.76 bits per heavy atom. The second-order valence-corrected chi connectivity index (χ2v) is 7.56. The molecule has 0 bridgehead atoms. The summed E-state index contributed by atoms with van der Waals surface area (Å²) in [6.45, 7) is -0.380. The lowest BCUT2D eigenvalue weighted by Crippen LogP contribution is -2.49. The topological polar surface area (TPSA) is 108 Å². The van der Waals surface area contributed by atoms with Crippen molar-refractivity contribution in [2.24, 2.45) is 5.92 Å². The van der Waals surface area contributed by atoms with E-state index >= 15 is 0 Å². The van der Waals surface area contributed by atoms with Gasteiger partial charge in [0.15, 0.2) is 0 Å². The van der Waals surface area contributed by atoms with Gasteiger partial charge in [-0.1, -0.05) is 49.6 Å². The van der Waals surface area contributed by atoms with Crippen molar-refractivity contribution < 1.29 is 19.2 Å². The number of likely N-dealkylation sites (N-methyl/N-ethyl adjacent to an activating group) is 2. The van der Waals surface area contributed by atoms with E-state index in [9.17, 15) is 19.2 Å². The Bertz CT molecular complexity index is 731. The molecule has 0 aliphatic heterocycles. The van der Waals surface area contributed by atoms with Crippen molar-refractivity contribution in [3.05, 3.63) is 35.9 Å². The summed E-state index contributed by atoms with van der Waals surface area (Å²) in [5, 5.41) is 7.89. The van der Waals surface area contributed by atoms with Crippen LogP contribution in [0, 0.1) is 5.92 Å². The van der Waals surface area contributed by atoms with Gasteiger partial charge >= 0.3 is 0 Å². The first-order valence-corrected chi connectivity index (χ1v) is 9.88. The van der Waals surface area contributed by atoms with Gasteiger partial charge in [-0.05, 0) is 24.9 Å². The number of carbonyl (C=O) groups is 4. The van der Waals surface area contributed by atoms with Crippen LogP contribution in [0.15, 0.2) is 30.3 Å². The average molecular weight is 402 g/mol. The lowest BCUT2D eigenvalue weighted by Gasteiger charge is -2.28. The summed E-state index contributed by atoms with van der Waals surface area (Å²) in [5.41, 5.74) is 0.637. The summed E-state index contributed by atoms with van der Waals surface area (Å²) in [6.07, 6.45) is 3.95.